The van der Waals surface area contributed by atoms with E-state index in [9.17, 15) is 13.2 Å². The van der Waals surface area contributed by atoms with Gasteiger partial charge in [0.2, 0.25) is 0 Å². The summed E-state index contributed by atoms with van der Waals surface area (Å²) >= 11 is 0. The lowest BCUT2D eigenvalue weighted by Gasteiger charge is -2.03. The predicted octanol–water partition coefficient (Wildman–Crippen LogP) is 1.13. The van der Waals surface area contributed by atoms with E-state index in [0.29, 0.717) is 5.56 Å². The van der Waals surface area contributed by atoms with E-state index < -0.39 is 15.8 Å². The first kappa shape index (κ1) is 11.4. The Kier molecular flexibility index (Phi) is 2.51. The number of aliphatic carboxylic acids is 1. The van der Waals surface area contributed by atoms with Gasteiger partial charge in [-0.2, -0.15) is 0 Å². The first-order valence-electron chi connectivity index (χ1n) is 4.60. The summed E-state index contributed by atoms with van der Waals surface area (Å²) in [5, 5.41) is 19.6. The average Bonchev–Trinajstić information content (AvgIpc) is 2.56. The number of rotatable bonds is 2. The molecule has 2 rings (SSSR count). The minimum Gasteiger partial charge on any atom is -0.508 e. The second kappa shape index (κ2) is 3.74. The Bertz CT molecular complexity index is 635. The van der Waals surface area contributed by atoms with Gasteiger partial charge in [-0.15, -0.1) is 0 Å². The minimum atomic E-state index is -3.62. The molecule has 5 nitrogen and oxygen atoms in total. The maximum atomic E-state index is 11.3. The zero-order valence-electron chi connectivity index (χ0n) is 8.49. The number of benzene rings is 1. The second-order valence-electron chi connectivity index (χ2n) is 3.50. The third-order valence-electron chi connectivity index (χ3n) is 2.26. The van der Waals surface area contributed by atoms with Crippen LogP contribution in [0.25, 0.3) is 5.57 Å². The molecule has 1 aliphatic heterocycles. The SMILES string of the molecule is O=C(O)C1=CS(=O)(=O)C=C1c1ccc(O)cc1. The largest absolute Gasteiger partial charge is 0.508 e. The number of carboxylic acids is 1. The van der Waals surface area contributed by atoms with Crippen LogP contribution in [0.1, 0.15) is 5.56 Å². The maximum absolute atomic E-state index is 11.3. The van der Waals surface area contributed by atoms with E-state index in [2.05, 4.69) is 0 Å². The van der Waals surface area contributed by atoms with Crippen LogP contribution in [0, 0.1) is 0 Å². The number of phenolic OH excluding ortho intramolecular Hbond substituents is 1. The summed E-state index contributed by atoms with van der Waals surface area (Å²) < 4.78 is 22.7. The molecule has 0 unspecified atom stereocenters. The molecule has 0 amide bonds. The van der Waals surface area contributed by atoms with E-state index in [1.54, 1.807) is 0 Å². The van der Waals surface area contributed by atoms with Gasteiger partial charge in [0.05, 0.1) is 11.0 Å². The molecule has 0 aliphatic carbocycles. The molecule has 1 heterocycles. The van der Waals surface area contributed by atoms with Crippen molar-refractivity contribution in [1.82, 2.24) is 0 Å². The Morgan fingerprint density at radius 2 is 1.65 bits per heavy atom. The van der Waals surface area contributed by atoms with Crippen LogP contribution in [0.15, 0.2) is 40.7 Å². The van der Waals surface area contributed by atoms with Crippen molar-refractivity contribution < 1.29 is 23.4 Å². The number of hydrogen-bond acceptors (Lipinski definition) is 4. The first-order valence-corrected chi connectivity index (χ1v) is 6.21. The number of phenols is 1. The van der Waals surface area contributed by atoms with Crippen LogP contribution < -0.4 is 0 Å². The molecular formula is C11H8O5S. The van der Waals surface area contributed by atoms with Gasteiger partial charge < -0.3 is 10.2 Å². The van der Waals surface area contributed by atoms with E-state index >= 15 is 0 Å². The van der Waals surface area contributed by atoms with Crippen LogP contribution in [0.4, 0.5) is 0 Å². The maximum Gasteiger partial charge on any atom is 0.337 e. The van der Waals surface area contributed by atoms with Crippen molar-refractivity contribution in [1.29, 1.82) is 0 Å². The summed E-state index contributed by atoms with van der Waals surface area (Å²) in [5.41, 5.74) is 0.283. The number of sulfone groups is 1. The molecule has 0 saturated carbocycles. The fourth-order valence-corrected chi connectivity index (χ4v) is 2.74. The van der Waals surface area contributed by atoms with Gasteiger partial charge in [0, 0.05) is 11.0 Å². The Hall–Kier alpha value is -2.08. The number of carboxylic acid groups (broad SMARTS) is 1. The zero-order chi connectivity index (χ0) is 12.6. The Morgan fingerprint density at radius 3 is 2.18 bits per heavy atom. The van der Waals surface area contributed by atoms with Gasteiger partial charge >= 0.3 is 5.97 Å². The van der Waals surface area contributed by atoms with Crippen LogP contribution >= 0.6 is 0 Å². The fraction of sp³-hybridized carbons (Fsp3) is 0. The van der Waals surface area contributed by atoms with Gasteiger partial charge in [-0.25, -0.2) is 13.2 Å². The molecule has 88 valence electrons. The highest BCUT2D eigenvalue weighted by atomic mass is 32.2. The van der Waals surface area contributed by atoms with E-state index in [4.69, 9.17) is 10.2 Å². The van der Waals surface area contributed by atoms with Gasteiger partial charge in [-0.3, -0.25) is 0 Å². The van der Waals surface area contributed by atoms with Crippen LogP contribution in [0.5, 0.6) is 5.75 Å². The molecule has 0 bridgehead atoms. The fourth-order valence-electron chi connectivity index (χ4n) is 1.52. The predicted molar refractivity (Wildman–Crippen MR) is 60.7 cm³/mol. The molecule has 0 atom stereocenters. The first-order chi connectivity index (χ1) is 7.89. The molecular weight excluding hydrogens is 244 g/mol. The van der Waals surface area contributed by atoms with Crippen molar-refractivity contribution in [2.75, 3.05) is 0 Å². The van der Waals surface area contributed by atoms with Crippen molar-refractivity contribution in [2.45, 2.75) is 0 Å². The third kappa shape index (κ3) is 2.21. The standard InChI is InChI=1S/C11H8O5S/c12-8-3-1-7(2-4-8)9-5-17(15,16)6-10(9)11(13)14/h1-6,12H,(H,13,14). The Labute approximate surface area is 97.2 Å². The quantitative estimate of drug-likeness (QED) is 0.823. The minimum absolute atomic E-state index is 0.0241. The van der Waals surface area contributed by atoms with Crippen molar-refractivity contribution >= 4 is 21.4 Å². The molecule has 0 aromatic heterocycles. The van der Waals surface area contributed by atoms with Crippen molar-refractivity contribution in [3.8, 4) is 5.75 Å². The lowest BCUT2D eigenvalue weighted by Crippen LogP contribution is -2.00. The van der Waals surface area contributed by atoms with E-state index in [-0.39, 0.29) is 16.9 Å². The van der Waals surface area contributed by atoms with Crippen LogP contribution in [-0.4, -0.2) is 24.6 Å². The highest BCUT2D eigenvalue weighted by molar-refractivity contribution is 7.97. The highest BCUT2D eigenvalue weighted by Gasteiger charge is 2.26. The van der Waals surface area contributed by atoms with E-state index in [1.165, 1.54) is 24.3 Å². The number of hydrogen-bond donors (Lipinski definition) is 2. The summed E-state index contributed by atoms with van der Waals surface area (Å²) in [6.45, 7) is 0. The van der Waals surface area contributed by atoms with Gasteiger partial charge in [0.15, 0.2) is 9.84 Å². The number of carbonyl (C=O) groups is 1. The van der Waals surface area contributed by atoms with Crippen molar-refractivity contribution in [2.24, 2.45) is 0 Å². The summed E-state index contributed by atoms with van der Waals surface area (Å²) in [5.74, 6) is -1.28. The molecule has 0 radical (unpaired) electrons. The van der Waals surface area contributed by atoms with E-state index in [0.717, 1.165) is 10.8 Å². The number of aromatic hydroxyl groups is 1. The molecule has 0 spiro atoms. The van der Waals surface area contributed by atoms with E-state index in [1.807, 2.05) is 0 Å². The van der Waals surface area contributed by atoms with Gasteiger partial charge in [0.1, 0.15) is 5.75 Å². The lowest BCUT2D eigenvalue weighted by atomic mass is 10.0. The summed E-state index contributed by atoms with van der Waals surface area (Å²) in [6, 6.07) is 5.64. The molecule has 1 aromatic rings. The molecule has 17 heavy (non-hydrogen) atoms. The normalized spacial score (nSPS) is 17.4. The molecule has 1 aromatic carbocycles. The van der Waals surface area contributed by atoms with Gasteiger partial charge in [-0.05, 0) is 17.7 Å². The van der Waals surface area contributed by atoms with Crippen molar-refractivity contribution in [3.63, 3.8) is 0 Å². The summed E-state index contributed by atoms with van der Waals surface area (Å²) in [7, 11) is -3.62. The molecule has 0 fully saturated rings. The summed E-state index contributed by atoms with van der Waals surface area (Å²) in [6.07, 6.45) is 0. The lowest BCUT2D eigenvalue weighted by molar-refractivity contribution is -0.132. The van der Waals surface area contributed by atoms with Crippen LogP contribution in [-0.2, 0) is 14.6 Å². The third-order valence-corrected chi connectivity index (χ3v) is 3.39. The molecule has 6 heteroatoms. The zero-order valence-corrected chi connectivity index (χ0v) is 9.31. The molecule has 1 aliphatic rings. The summed E-state index contributed by atoms with van der Waals surface area (Å²) in [4.78, 5) is 10.9. The van der Waals surface area contributed by atoms with Crippen LogP contribution in [0.2, 0.25) is 0 Å². The van der Waals surface area contributed by atoms with Gasteiger partial charge in [-0.1, -0.05) is 12.1 Å². The highest BCUT2D eigenvalue weighted by Crippen LogP contribution is 2.31. The monoisotopic (exact) mass is 252 g/mol. The smallest absolute Gasteiger partial charge is 0.337 e. The molecule has 2 N–H and O–H groups in total. The Balaban J connectivity index is 2.56. The Morgan fingerprint density at radius 1 is 1.06 bits per heavy atom. The second-order valence-corrected chi connectivity index (χ2v) is 5.15. The van der Waals surface area contributed by atoms with Gasteiger partial charge in [0.25, 0.3) is 0 Å². The molecule has 0 saturated heterocycles. The average molecular weight is 252 g/mol. The van der Waals surface area contributed by atoms with Crippen LogP contribution in [0.3, 0.4) is 0 Å². The van der Waals surface area contributed by atoms with Crippen molar-refractivity contribution in [3.05, 3.63) is 46.2 Å². The topological polar surface area (TPSA) is 91.7 Å².